The topological polar surface area (TPSA) is 123 Å². The number of β-lactam (4-membered cyclic amide) rings is 1. The molecular weight excluding hydrogens is 707 g/mol. The molecule has 3 aliphatic rings. The molecule has 3 aliphatic heterocycles. The Morgan fingerprint density at radius 2 is 1.57 bits per heavy atom. The van der Waals surface area contributed by atoms with Crippen LogP contribution in [0.4, 0.5) is 27.5 Å². The predicted octanol–water partition coefficient (Wildman–Crippen LogP) is 6.34. The van der Waals surface area contributed by atoms with E-state index in [1.807, 2.05) is 98.0 Å². The van der Waals surface area contributed by atoms with Crippen LogP contribution >= 0.6 is 34.9 Å². The number of carboxylic acid groups (broad SMARTS) is 1. The Kier molecular flexibility index (Phi) is 9.48. The Balaban J connectivity index is 1.24. The third-order valence-electron chi connectivity index (χ3n) is 8.87. The molecule has 4 heterocycles. The number of anilines is 4. The van der Waals surface area contributed by atoms with Gasteiger partial charge >= 0.3 is 12.1 Å². The first-order valence-corrected chi connectivity index (χ1v) is 18.9. The summed E-state index contributed by atoms with van der Waals surface area (Å²) >= 11 is 4.34. The zero-order valence-electron chi connectivity index (χ0n) is 28.2. The molecule has 262 valence electrons. The van der Waals surface area contributed by atoms with Crippen LogP contribution in [-0.2, 0) is 25.5 Å². The fourth-order valence-electron chi connectivity index (χ4n) is 6.30. The fraction of sp³-hybridized carbons (Fsp3) is 0.243. The molecule has 14 heteroatoms. The van der Waals surface area contributed by atoms with E-state index in [4.69, 9.17) is 4.74 Å². The molecule has 1 fully saturated rings. The number of ether oxygens (including phenoxy) is 1. The first-order valence-electron chi connectivity index (χ1n) is 16.1. The first-order chi connectivity index (χ1) is 24.5. The van der Waals surface area contributed by atoms with Crippen molar-refractivity contribution in [2.24, 2.45) is 0 Å². The second kappa shape index (κ2) is 14.0. The molecule has 0 saturated carbocycles. The van der Waals surface area contributed by atoms with Crippen LogP contribution in [0.2, 0.25) is 0 Å². The van der Waals surface area contributed by atoms with E-state index in [9.17, 15) is 24.3 Å². The van der Waals surface area contributed by atoms with Crippen molar-refractivity contribution < 1.29 is 29.0 Å². The maximum atomic E-state index is 14.6. The Morgan fingerprint density at radius 3 is 2.14 bits per heavy atom. The van der Waals surface area contributed by atoms with E-state index in [1.54, 1.807) is 36.0 Å². The molecule has 3 atom stereocenters. The fourth-order valence-corrected chi connectivity index (χ4v) is 9.50. The van der Waals surface area contributed by atoms with E-state index in [2.05, 4.69) is 5.32 Å². The number of fused-ring (bicyclic) bond motifs is 3. The van der Waals surface area contributed by atoms with Crippen LogP contribution in [0.3, 0.4) is 0 Å². The quantitative estimate of drug-likeness (QED) is 0.188. The van der Waals surface area contributed by atoms with E-state index in [0.29, 0.717) is 16.9 Å². The lowest BCUT2D eigenvalue weighted by Gasteiger charge is -2.50. The van der Waals surface area contributed by atoms with Crippen LogP contribution in [0.15, 0.2) is 105 Å². The van der Waals surface area contributed by atoms with Crippen molar-refractivity contribution in [2.45, 2.75) is 33.7 Å². The summed E-state index contributed by atoms with van der Waals surface area (Å²) in [5.74, 6) is -2.00. The monoisotopic (exact) mass is 741 g/mol. The first kappa shape index (κ1) is 34.5. The molecule has 11 nitrogen and oxygen atoms in total. The number of rotatable bonds is 9. The lowest BCUT2D eigenvalue weighted by atomic mass is 9.96. The minimum absolute atomic E-state index is 0.131. The normalized spacial score (nSPS) is 18.2. The number of hydrogen-bond acceptors (Lipinski definition) is 10. The van der Waals surface area contributed by atoms with Gasteiger partial charge in [0.25, 0.3) is 5.91 Å². The lowest BCUT2D eigenvalue weighted by Crippen LogP contribution is -2.70. The summed E-state index contributed by atoms with van der Waals surface area (Å²) < 4.78 is 6.37. The highest BCUT2D eigenvalue weighted by Gasteiger charge is 2.55. The lowest BCUT2D eigenvalue weighted by molar-refractivity contribution is -0.150. The number of carbonyl (C=O) groups excluding carboxylic acids is 3. The molecule has 3 aromatic carbocycles. The van der Waals surface area contributed by atoms with Crippen molar-refractivity contribution in [2.75, 3.05) is 48.6 Å². The zero-order valence-corrected chi connectivity index (χ0v) is 30.7. The average molecular weight is 742 g/mol. The number of thiophene rings is 1. The molecule has 1 unspecified atom stereocenters. The number of carbonyl (C=O) groups is 4. The summed E-state index contributed by atoms with van der Waals surface area (Å²) in [5, 5.41) is 14.6. The third-order valence-corrected chi connectivity index (χ3v) is 12.1. The van der Waals surface area contributed by atoms with E-state index >= 15 is 0 Å². The molecule has 51 heavy (non-hydrogen) atoms. The third kappa shape index (κ3) is 6.54. The van der Waals surface area contributed by atoms with Crippen molar-refractivity contribution in [1.29, 1.82) is 0 Å². The Hall–Kier alpha value is -4.92. The van der Waals surface area contributed by atoms with Crippen molar-refractivity contribution in [1.82, 2.24) is 10.2 Å². The van der Waals surface area contributed by atoms with Crippen molar-refractivity contribution in [3.63, 3.8) is 0 Å². The summed E-state index contributed by atoms with van der Waals surface area (Å²) in [6.07, 6.45) is -1.69. The van der Waals surface area contributed by atoms with Gasteiger partial charge in [0.05, 0.1) is 17.8 Å². The van der Waals surface area contributed by atoms with Gasteiger partial charge in [-0.25, -0.2) is 14.5 Å². The highest BCUT2D eigenvalue weighted by molar-refractivity contribution is 8.00. The highest BCUT2D eigenvalue weighted by atomic mass is 32.2. The number of nitrogens with one attached hydrogen (secondary N) is 1. The van der Waals surface area contributed by atoms with Gasteiger partial charge in [-0.2, -0.15) is 0 Å². The number of nitrogens with zero attached hydrogens (tertiary/aromatic N) is 4. The average Bonchev–Trinajstić information content (AvgIpc) is 3.63. The molecular formula is C37H35N5O6S3. The van der Waals surface area contributed by atoms with Gasteiger partial charge in [0.2, 0.25) is 5.91 Å². The van der Waals surface area contributed by atoms with Crippen LogP contribution < -0.4 is 20.0 Å². The SMILES string of the molecule is CN(C)c1ccc2c(c1)Sc1cc(N(C)C)ccc1N2C(=O)OC(C1=C(C(=O)O)N2C(=O)[C@@H](NC(=O)Cc3cccs3)[C@H]2SC1)c1ccccc1. The number of aliphatic carboxylic acids is 1. The summed E-state index contributed by atoms with van der Waals surface area (Å²) in [7, 11) is 7.81. The molecule has 3 amide bonds. The molecule has 2 N–H and O–H groups in total. The van der Waals surface area contributed by atoms with Crippen LogP contribution in [0.1, 0.15) is 16.5 Å². The van der Waals surface area contributed by atoms with Gasteiger partial charge in [-0.15, -0.1) is 23.1 Å². The van der Waals surface area contributed by atoms with Crippen molar-refractivity contribution >= 4 is 81.5 Å². The van der Waals surface area contributed by atoms with Gasteiger partial charge in [0.1, 0.15) is 17.1 Å². The maximum Gasteiger partial charge on any atom is 0.419 e. The largest absolute Gasteiger partial charge is 0.477 e. The van der Waals surface area contributed by atoms with Gasteiger partial charge < -0.3 is 25.0 Å². The molecule has 0 aliphatic carbocycles. The molecule has 0 spiro atoms. The van der Waals surface area contributed by atoms with Gasteiger partial charge in [-0.3, -0.25) is 14.5 Å². The van der Waals surface area contributed by atoms with Crippen LogP contribution in [-0.4, -0.2) is 79.2 Å². The maximum absolute atomic E-state index is 14.6. The second-order valence-electron chi connectivity index (χ2n) is 12.6. The minimum atomic E-state index is -1.32. The zero-order chi connectivity index (χ0) is 36.0. The molecule has 7 rings (SSSR count). The van der Waals surface area contributed by atoms with Gasteiger partial charge in [-0.05, 0) is 53.4 Å². The second-order valence-corrected chi connectivity index (χ2v) is 15.8. The van der Waals surface area contributed by atoms with Gasteiger partial charge in [-0.1, -0.05) is 48.2 Å². The standard InChI is InChI=1S/C37H35N5O6S3/c1-39(2)22-12-14-26-28(17-22)51-29-18-23(40(3)4)13-15-27(29)41(26)37(47)48-33(21-9-6-5-7-10-21)25-20-50-35-31(34(44)42(35)32(25)36(45)46)38-30(43)19-24-11-8-16-49-24/h5-18,31,33,35H,19-20H2,1-4H3,(H,38,43)(H,45,46)/t31-,33?,35-/m1/s1. The van der Waals surface area contributed by atoms with E-state index < -0.39 is 35.5 Å². The Bertz CT molecular complexity index is 1990. The molecule has 4 aromatic rings. The minimum Gasteiger partial charge on any atom is -0.477 e. The van der Waals surface area contributed by atoms with Gasteiger partial charge in [0.15, 0.2) is 6.10 Å². The van der Waals surface area contributed by atoms with Gasteiger partial charge in [0, 0.05) is 65.6 Å². The van der Waals surface area contributed by atoms with Crippen LogP contribution in [0, 0.1) is 0 Å². The van der Waals surface area contributed by atoms with E-state index in [0.717, 1.165) is 26.0 Å². The highest BCUT2D eigenvalue weighted by Crippen LogP contribution is 2.51. The Labute approximate surface area is 307 Å². The van der Waals surface area contributed by atoms with Crippen LogP contribution in [0.5, 0.6) is 0 Å². The number of benzene rings is 3. The summed E-state index contributed by atoms with van der Waals surface area (Å²) in [5.41, 5.74) is 3.80. The predicted molar refractivity (Wildman–Crippen MR) is 201 cm³/mol. The number of thioether (sulfide) groups is 1. The Morgan fingerprint density at radius 1 is 0.922 bits per heavy atom. The van der Waals surface area contributed by atoms with Crippen molar-refractivity contribution in [3.8, 4) is 0 Å². The summed E-state index contributed by atoms with van der Waals surface area (Å²) in [6.45, 7) is 0. The molecule has 0 bridgehead atoms. The smallest absolute Gasteiger partial charge is 0.419 e. The van der Waals surface area contributed by atoms with Crippen LogP contribution in [0.25, 0.3) is 0 Å². The molecule has 1 saturated heterocycles. The summed E-state index contributed by atoms with van der Waals surface area (Å²) in [6, 6.07) is 23.4. The number of hydrogen-bond donors (Lipinski definition) is 2. The molecule has 1 aromatic heterocycles. The number of carboxylic acids is 1. The molecule has 0 radical (unpaired) electrons. The van der Waals surface area contributed by atoms with E-state index in [-0.39, 0.29) is 29.4 Å². The number of amides is 3. The van der Waals surface area contributed by atoms with E-state index in [1.165, 1.54) is 32.9 Å². The summed E-state index contributed by atoms with van der Waals surface area (Å²) in [4.78, 5) is 63.1. The van der Waals surface area contributed by atoms with Crippen molar-refractivity contribution in [3.05, 3.63) is 106 Å².